The second-order valence-electron chi connectivity index (χ2n) is 4.07. The molecule has 2 aromatic rings. The normalized spacial score (nSPS) is 10.2. The summed E-state index contributed by atoms with van der Waals surface area (Å²) in [5.74, 6) is -0.363. The lowest BCUT2D eigenvalue weighted by Crippen LogP contribution is -2.06. The van der Waals surface area contributed by atoms with Crippen molar-refractivity contribution in [3.05, 3.63) is 42.0 Å². The Labute approximate surface area is 110 Å². The van der Waals surface area contributed by atoms with E-state index in [4.69, 9.17) is 9.84 Å². The molecule has 0 atom stereocenters. The lowest BCUT2D eigenvalue weighted by atomic mass is 10.2. The number of nitrogens with one attached hydrogen (secondary N) is 1. The van der Waals surface area contributed by atoms with Crippen molar-refractivity contribution >= 4 is 11.7 Å². The number of aromatic nitrogens is 2. The molecule has 0 aliphatic heterocycles. The number of rotatable bonds is 5. The average Bonchev–Trinajstić information content (AvgIpc) is 2.81. The molecule has 1 aromatic carbocycles. The Hall–Kier alpha value is -2.50. The smallest absolute Gasteiger partial charge is 0.335 e. The summed E-state index contributed by atoms with van der Waals surface area (Å²) in [6.45, 7) is 0.538. The van der Waals surface area contributed by atoms with E-state index in [0.29, 0.717) is 18.0 Å². The van der Waals surface area contributed by atoms with Crippen LogP contribution in [-0.2, 0) is 13.6 Å². The lowest BCUT2D eigenvalue weighted by Gasteiger charge is -2.12. The van der Waals surface area contributed by atoms with Crippen LogP contribution in [0.5, 0.6) is 5.75 Å². The van der Waals surface area contributed by atoms with Gasteiger partial charge in [0.15, 0.2) is 0 Å². The van der Waals surface area contributed by atoms with Gasteiger partial charge in [-0.05, 0) is 18.2 Å². The number of carbonyl (C=O) groups is 1. The fourth-order valence-electron chi connectivity index (χ4n) is 1.72. The van der Waals surface area contributed by atoms with Gasteiger partial charge in [0.1, 0.15) is 5.75 Å². The van der Waals surface area contributed by atoms with Crippen LogP contribution >= 0.6 is 0 Å². The van der Waals surface area contributed by atoms with E-state index in [2.05, 4.69) is 10.3 Å². The summed E-state index contributed by atoms with van der Waals surface area (Å²) in [4.78, 5) is 15.0. The molecule has 2 N–H and O–H groups in total. The highest BCUT2D eigenvalue weighted by Crippen LogP contribution is 2.26. The van der Waals surface area contributed by atoms with E-state index in [9.17, 15) is 4.79 Å². The lowest BCUT2D eigenvalue weighted by molar-refractivity contribution is 0.0697. The van der Waals surface area contributed by atoms with E-state index in [1.54, 1.807) is 31.8 Å². The highest BCUT2D eigenvalue weighted by molar-refractivity contribution is 5.89. The van der Waals surface area contributed by atoms with E-state index in [1.807, 2.05) is 11.6 Å². The number of carboxylic acids is 1. The van der Waals surface area contributed by atoms with Crippen LogP contribution in [0, 0.1) is 0 Å². The standard InChI is InChI=1S/C13H15N3O3/c1-16-8-14-6-10(16)7-15-11-5-9(13(17)18)3-4-12(11)19-2/h3-6,8,15H,7H2,1-2H3,(H,17,18). The number of ether oxygens (including phenoxy) is 1. The summed E-state index contributed by atoms with van der Waals surface area (Å²) in [5.41, 5.74) is 1.85. The van der Waals surface area contributed by atoms with Crippen LogP contribution in [0.4, 0.5) is 5.69 Å². The van der Waals surface area contributed by atoms with Crippen molar-refractivity contribution in [1.29, 1.82) is 0 Å². The second-order valence-corrected chi connectivity index (χ2v) is 4.07. The number of carboxylic acid groups (broad SMARTS) is 1. The van der Waals surface area contributed by atoms with Gasteiger partial charge in [-0.1, -0.05) is 0 Å². The molecule has 1 heterocycles. The van der Waals surface area contributed by atoms with Crippen LogP contribution in [-0.4, -0.2) is 27.7 Å². The van der Waals surface area contributed by atoms with Crippen molar-refractivity contribution in [2.75, 3.05) is 12.4 Å². The Balaban J connectivity index is 2.20. The van der Waals surface area contributed by atoms with Crippen LogP contribution < -0.4 is 10.1 Å². The molecule has 0 fully saturated rings. The molecule has 0 aliphatic carbocycles. The molecular weight excluding hydrogens is 246 g/mol. The zero-order valence-corrected chi connectivity index (χ0v) is 10.8. The molecule has 0 aliphatic rings. The molecule has 6 heteroatoms. The fourth-order valence-corrected chi connectivity index (χ4v) is 1.72. The van der Waals surface area contributed by atoms with Gasteiger partial charge in [-0.3, -0.25) is 0 Å². The zero-order chi connectivity index (χ0) is 13.8. The van der Waals surface area contributed by atoms with E-state index >= 15 is 0 Å². The van der Waals surface area contributed by atoms with Gasteiger partial charge in [0.25, 0.3) is 0 Å². The predicted molar refractivity (Wildman–Crippen MR) is 70.5 cm³/mol. The fraction of sp³-hybridized carbons (Fsp3) is 0.231. The highest BCUT2D eigenvalue weighted by Gasteiger charge is 2.09. The van der Waals surface area contributed by atoms with Crippen molar-refractivity contribution in [3.63, 3.8) is 0 Å². The number of methoxy groups -OCH3 is 1. The van der Waals surface area contributed by atoms with E-state index in [-0.39, 0.29) is 5.56 Å². The minimum absolute atomic E-state index is 0.216. The predicted octanol–water partition coefficient (Wildman–Crippen LogP) is 1.74. The summed E-state index contributed by atoms with van der Waals surface area (Å²) in [6, 6.07) is 4.70. The first-order chi connectivity index (χ1) is 9.11. The number of anilines is 1. The van der Waals surface area contributed by atoms with Gasteiger partial charge >= 0.3 is 5.97 Å². The zero-order valence-electron chi connectivity index (χ0n) is 10.8. The quantitative estimate of drug-likeness (QED) is 0.857. The molecule has 0 saturated carbocycles. The molecule has 0 unspecified atom stereocenters. The number of hydrogen-bond acceptors (Lipinski definition) is 4. The van der Waals surface area contributed by atoms with Crippen molar-refractivity contribution in [1.82, 2.24) is 9.55 Å². The Morgan fingerprint density at radius 2 is 2.32 bits per heavy atom. The number of imidazole rings is 1. The third-order valence-corrected chi connectivity index (χ3v) is 2.82. The first-order valence-corrected chi connectivity index (χ1v) is 5.72. The average molecular weight is 261 g/mol. The molecule has 0 saturated heterocycles. The third-order valence-electron chi connectivity index (χ3n) is 2.82. The molecule has 6 nitrogen and oxygen atoms in total. The topological polar surface area (TPSA) is 76.4 Å². The molecule has 1 aromatic heterocycles. The van der Waals surface area contributed by atoms with Gasteiger partial charge in [-0.25, -0.2) is 9.78 Å². The number of aryl methyl sites for hydroxylation is 1. The highest BCUT2D eigenvalue weighted by atomic mass is 16.5. The molecule has 0 radical (unpaired) electrons. The van der Waals surface area contributed by atoms with E-state index in [1.165, 1.54) is 6.07 Å². The maximum Gasteiger partial charge on any atom is 0.335 e. The molecule has 0 bridgehead atoms. The first kappa shape index (κ1) is 12.9. The monoisotopic (exact) mass is 261 g/mol. The molecule has 2 rings (SSSR count). The van der Waals surface area contributed by atoms with Gasteiger partial charge in [0, 0.05) is 13.2 Å². The SMILES string of the molecule is COc1ccc(C(=O)O)cc1NCc1cncn1C. The summed E-state index contributed by atoms with van der Waals surface area (Å²) in [7, 11) is 3.44. The van der Waals surface area contributed by atoms with Crippen molar-refractivity contribution in [3.8, 4) is 5.75 Å². The summed E-state index contributed by atoms with van der Waals surface area (Å²) in [5, 5.41) is 12.1. The van der Waals surface area contributed by atoms with Crippen LogP contribution in [0.15, 0.2) is 30.7 Å². The Bertz CT molecular complexity index is 593. The summed E-state index contributed by atoms with van der Waals surface area (Å²) in [6.07, 6.45) is 3.46. The van der Waals surface area contributed by atoms with Crippen LogP contribution in [0.25, 0.3) is 0 Å². The second kappa shape index (κ2) is 5.43. The number of benzene rings is 1. The molecule has 19 heavy (non-hydrogen) atoms. The Kier molecular flexibility index (Phi) is 3.70. The molecule has 100 valence electrons. The van der Waals surface area contributed by atoms with Crippen LogP contribution in [0.3, 0.4) is 0 Å². The molecular formula is C13H15N3O3. The van der Waals surface area contributed by atoms with Gasteiger partial charge < -0.3 is 19.7 Å². The van der Waals surface area contributed by atoms with Crippen molar-refractivity contribution in [2.24, 2.45) is 7.05 Å². The first-order valence-electron chi connectivity index (χ1n) is 5.72. The van der Waals surface area contributed by atoms with Crippen molar-refractivity contribution in [2.45, 2.75) is 6.54 Å². The van der Waals surface area contributed by atoms with E-state index < -0.39 is 5.97 Å². The minimum Gasteiger partial charge on any atom is -0.495 e. The minimum atomic E-state index is -0.966. The van der Waals surface area contributed by atoms with Crippen LogP contribution in [0.1, 0.15) is 16.1 Å². The van der Waals surface area contributed by atoms with Gasteiger partial charge in [-0.15, -0.1) is 0 Å². The number of nitrogens with zero attached hydrogens (tertiary/aromatic N) is 2. The van der Waals surface area contributed by atoms with Crippen molar-refractivity contribution < 1.29 is 14.6 Å². The van der Waals surface area contributed by atoms with Gasteiger partial charge in [0.05, 0.1) is 36.9 Å². The summed E-state index contributed by atoms with van der Waals surface area (Å²) < 4.78 is 7.09. The molecule has 0 spiro atoms. The third kappa shape index (κ3) is 2.85. The molecule has 0 amide bonds. The Morgan fingerprint density at radius 3 is 2.89 bits per heavy atom. The van der Waals surface area contributed by atoms with Gasteiger partial charge in [0.2, 0.25) is 0 Å². The largest absolute Gasteiger partial charge is 0.495 e. The number of aromatic carboxylic acids is 1. The summed E-state index contributed by atoms with van der Waals surface area (Å²) >= 11 is 0. The maximum atomic E-state index is 11.0. The Morgan fingerprint density at radius 1 is 1.53 bits per heavy atom. The maximum absolute atomic E-state index is 11.0. The number of hydrogen-bond donors (Lipinski definition) is 2. The van der Waals surface area contributed by atoms with E-state index in [0.717, 1.165) is 5.69 Å². The van der Waals surface area contributed by atoms with Crippen LogP contribution in [0.2, 0.25) is 0 Å². The van der Waals surface area contributed by atoms with Gasteiger partial charge in [-0.2, -0.15) is 0 Å².